The third-order valence-electron chi connectivity index (χ3n) is 4.48. The summed E-state index contributed by atoms with van der Waals surface area (Å²) in [6.07, 6.45) is 4.24. The SMILES string of the molecule is CN(CC1CCN(CCO)CC1)c1cnc2ccccc2n1.Cl. The molecule has 1 fully saturated rings. The number of hydrogen-bond donors (Lipinski definition) is 1. The Labute approximate surface area is 143 Å². The van der Waals surface area contributed by atoms with Gasteiger partial charge >= 0.3 is 0 Å². The first-order chi connectivity index (χ1) is 10.8. The van der Waals surface area contributed by atoms with Crippen molar-refractivity contribution in [2.45, 2.75) is 12.8 Å². The van der Waals surface area contributed by atoms with Gasteiger partial charge in [-0.2, -0.15) is 0 Å². The maximum atomic E-state index is 9.00. The molecule has 0 saturated carbocycles. The molecule has 2 heterocycles. The van der Waals surface area contributed by atoms with Crippen molar-refractivity contribution in [3.05, 3.63) is 30.5 Å². The third-order valence-corrected chi connectivity index (χ3v) is 4.48. The summed E-state index contributed by atoms with van der Waals surface area (Å²) in [5.41, 5.74) is 1.89. The summed E-state index contributed by atoms with van der Waals surface area (Å²) in [6.45, 7) is 4.25. The van der Waals surface area contributed by atoms with Crippen molar-refractivity contribution in [1.29, 1.82) is 0 Å². The lowest BCUT2D eigenvalue weighted by molar-refractivity contribution is 0.149. The minimum absolute atomic E-state index is 0. The lowest BCUT2D eigenvalue weighted by Gasteiger charge is -2.33. The zero-order valence-electron chi connectivity index (χ0n) is 13.6. The molecule has 0 radical (unpaired) electrons. The molecular formula is C17H25ClN4O. The molecule has 2 aromatic rings. The van der Waals surface area contributed by atoms with Gasteiger partial charge in [0.2, 0.25) is 0 Å². The number of halogens is 1. The summed E-state index contributed by atoms with van der Waals surface area (Å²) in [5.74, 6) is 1.63. The largest absolute Gasteiger partial charge is 0.395 e. The van der Waals surface area contributed by atoms with Crippen molar-refractivity contribution in [3.8, 4) is 0 Å². The van der Waals surface area contributed by atoms with E-state index >= 15 is 0 Å². The molecule has 0 bridgehead atoms. The Morgan fingerprint density at radius 1 is 1.22 bits per heavy atom. The van der Waals surface area contributed by atoms with Crippen LogP contribution < -0.4 is 4.90 Å². The first-order valence-corrected chi connectivity index (χ1v) is 8.02. The fraction of sp³-hybridized carbons (Fsp3) is 0.529. The second-order valence-corrected chi connectivity index (χ2v) is 6.11. The molecule has 1 aliphatic rings. The van der Waals surface area contributed by atoms with Crippen molar-refractivity contribution in [2.75, 3.05) is 44.7 Å². The van der Waals surface area contributed by atoms with Crippen LogP contribution in [0.3, 0.4) is 0 Å². The standard InChI is InChI=1S/C17H24N4O.ClH/c1-20(13-14-6-8-21(9-7-14)10-11-22)17-12-18-15-4-2-3-5-16(15)19-17;/h2-5,12,14,22H,6-11,13H2,1H3;1H. The lowest BCUT2D eigenvalue weighted by atomic mass is 9.96. The van der Waals surface area contributed by atoms with E-state index < -0.39 is 0 Å². The Kier molecular flexibility index (Phi) is 6.57. The maximum absolute atomic E-state index is 9.00. The first kappa shape index (κ1) is 17.9. The van der Waals surface area contributed by atoms with E-state index in [2.05, 4.69) is 21.8 Å². The maximum Gasteiger partial charge on any atom is 0.147 e. The third kappa shape index (κ3) is 4.53. The molecule has 5 nitrogen and oxygen atoms in total. The van der Waals surface area contributed by atoms with Gasteiger partial charge in [0.1, 0.15) is 5.82 Å². The zero-order valence-corrected chi connectivity index (χ0v) is 14.4. The van der Waals surface area contributed by atoms with Crippen molar-refractivity contribution in [3.63, 3.8) is 0 Å². The first-order valence-electron chi connectivity index (χ1n) is 8.02. The molecule has 0 spiro atoms. The summed E-state index contributed by atoms with van der Waals surface area (Å²) in [6, 6.07) is 7.98. The van der Waals surface area contributed by atoms with E-state index in [0.29, 0.717) is 5.92 Å². The summed E-state index contributed by atoms with van der Waals surface area (Å²) >= 11 is 0. The van der Waals surface area contributed by atoms with Crippen LogP contribution >= 0.6 is 12.4 Å². The number of hydrogen-bond acceptors (Lipinski definition) is 5. The van der Waals surface area contributed by atoms with E-state index in [4.69, 9.17) is 10.1 Å². The van der Waals surface area contributed by atoms with Gasteiger partial charge < -0.3 is 14.9 Å². The number of aliphatic hydroxyl groups excluding tert-OH is 1. The predicted molar refractivity (Wildman–Crippen MR) is 96.3 cm³/mol. The van der Waals surface area contributed by atoms with Crippen molar-refractivity contribution in [2.24, 2.45) is 5.92 Å². The van der Waals surface area contributed by atoms with Crippen LogP contribution in [0.2, 0.25) is 0 Å². The number of aliphatic hydroxyl groups is 1. The molecular weight excluding hydrogens is 312 g/mol. The number of β-amino-alcohol motifs (C(OH)–C–C–N with tert-alkyl or cyclic N) is 1. The average molecular weight is 337 g/mol. The average Bonchev–Trinajstić information content (AvgIpc) is 2.56. The molecule has 23 heavy (non-hydrogen) atoms. The lowest BCUT2D eigenvalue weighted by Crippen LogP contribution is -2.39. The van der Waals surface area contributed by atoms with Crippen LogP contribution in [0, 0.1) is 5.92 Å². The summed E-state index contributed by atoms with van der Waals surface area (Å²) < 4.78 is 0. The topological polar surface area (TPSA) is 52.5 Å². The molecule has 126 valence electrons. The number of rotatable bonds is 5. The highest BCUT2D eigenvalue weighted by Gasteiger charge is 2.20. The molecule has 1 saturated heterocycles. The van der Waals surface area contributed by atoms with E-state index in [1.807, 2.05) is 30.5 Å². The number of para-hydroxylation sites is 2. The van der Waals surface area contributed by atoms with Gasteiger partial charge in [-0.15, -0.1) is 12.4 Å². The van der Waals surface area contributed by atoms with E-state index in [9.17, 15) is 0 Å². The predicted octanol–water partition coefficient (Wildman–Crippen LogP) is 2.19. The van der Waals surface area contributed by atoms with Gasteiger partial charge in [0.25, 0.3) is 0 Å². The number of benzene rings is 1. The Hall–Kier alpha value is -1.43. The van der Waals surface area contributed by atoms with Gasteiger partial charge in [0, 0.05) is 20.1 Å². The molecule has 0 aliphatic carbocycles. The zero-order chi connectivity index (χ0) is 15.4. The Morgan fingerprint density at radius 2 is 1.91 bits per heavy atom. The Balaban J connectivity index is 0.00000192. The molecule has 1 aliphatic heterocycles. The van der Waals surface area contributed by atoms with Crippen molar-refractivity contribution >= 4 is 29.3 Å². The summed E-state index contributed by atoms with van der Waals surface area (Å²) in [7, 11) is 2.10. The number of piperidine rings is 1. The van der Waals surface area contributed by atoms with Crippen LogP contribution in [0.15, 0.2) is 30.5 Å². The smallest absolute Gasteiger partial charge is 0.147 e. The summed E-state index contributed by atoms with van der Waals surface area (Å²) in [4.78, 5) is 13.8. The summed E-state index contributed by atoms with van der Waals surface area (Å²) in [5, 5.41) is 9.00. The number of nitrogens with zero attached hydrogens (tertiary/aromatic N) is 4. The molecule has 0 amide bonds. The van der Waals surface area contributed by atoms with Crippen molar-refractivity contribution in [1.82, 2.24) is 14.9 Å². The molecule has 1 aromatic carbocycles. The van der Waals surface area contributed by atoms with E-state index in [-0.39, 0.29) is 19.0 Å². The number of likely N-dealkylation sites (tertiary alicyclic amines) is 1. The highest BCUT2D eigenvalue weighted by atomic mass is 35.5. The molecule has 0 atom stereocenters. The van der Waals surface area contributed by atoms with Gasteiger partial charge in [-0.25, -0.2) is 4.98 Å². The van der Waals surface area contributed by atoms with E-state index in [1.165, 1.54) is 12.8 Å². The van der Waals surface area contributed by atoms with Gasteiger partial charge in [0.05, 0.1) is 23.8 Å². The fourth-order valence-corrected chi connectivity index (χ4v) is 3.15. The normalized spacial score (nSPS) is 16.3. The minimum atomic E-state index is 0. The van der Waals surface area contributed by atoms with E-state index in [1.54, 1.807) is 0 Å². The van der Waals surface area contributed by atoms with Crippen LogP contribution in [0.5, 0.6) is 0 Å². The fourth-order valence-electron chi connectivity index (χ4n) is 3.15. The van der Waals surface area contributed by atoms with Gasteiger partial charge in [-0.1, -0.05) is 12.1 Å². The van der Waals surface area contributed by atoms with Crippen LogP contribution in [0.1, 0.15) is 12.8 Å². The Morgan fingerprint density at radius 3 is 2.61 bits per heavy atom. The van der Waals surface area contributed by atoms with Crippen LogP contribution in [-0.4, -0.2) is 59.8 Å². The number of anilines is 1. The molecule has 0 unspecified atom stereocenters. The quantitative estimate of drug-likeness (QED) is 0.907. The van der Waals surface area contributed by atoms with Gasteiger partial charge in [0.15, 0.2) is 0 Å². The number of fused-ring (bicyclic) bond motifs is 1. The van der Waals surface area contributed by atoms with E-state index in [0.717, 1.165) is 43.0 Å². The van der Waals surface area contributed by atoms with Crippen LogP contribution in [-0.2, 0) is 0 Å². The van der Waals surface area contributed by atoms with Crippen LogP contribution in [0.25, 0.3) is 11.0 Å². The Bertz CT molecular complexity index is 616. The second-order valence-electron chi connectivity index (χ2n) is 6.11. The highest BCUT2D eigenvalue weighted by molar-refractivity contribution is 5.85. The van der Waals surface area contributed by atoms with Gasteiger partial charge in [-0.05, 0) is 44.0 Å². The van der Waals surface area contributed by atoms with Crippen molar-refractivity contribution < 1.29 is 5.11 Å². The monoisotopic (exact) mass is 336 g/mol. The highest BCUT2D eigenvalue weighted by Crippen LogP contribution is 2.21. The number of aromatic nitrogens is 2. The van der Waals surface area contributed by atoms with Crippen LogP contribution in [0.4, 0.5) is 5.82 Å². The van der Waals surface area contributed by atoms with Gasteiger partial charge in [-0.3, -0.25) is 4.98 Å². The minimum Gasteiger partial charge on any atom is -0.395 e. The molecule has 3 rings (SSSR count). The second kappa shape index (κ2) is 8.43. The molecule has 1 N–H and O–H groups in total. The molecule has 1 aromatic heterocycles. The molecule has 6 heteroatoms.